The molecule has 0 fully saturated rings. The molecule has 0 radical (unpaired) electrons. The summed E-state index contributed by atoms with van der Waals surface area (Å²) < 4.78 is 40.3. The maximum absolute atomic E-state index is 13.8. The summed E-state index contributed by atoms with van der Waals surface area (Å²) in [5, 5.41) is 10.3. The van der Waals surface area contributed by atoms with Crippen molar-refractivity contribution in [2.24, 2.45) is 0 Å². The molecule has 7 heteroatoms. The molecule has 0 amide bonds. The molecule has 0 aromatic heterocycles. The number of nitrogens with one attached hydrogen (secondary N) is 1. The lowest BCUT2D eigenvalue weighted by molar-refractivity contribution is 0.598. The van der Waals surface area contributed by atoms with Crippen molar-refractivity contribution < 1.29 is 12.8 Å². The van der Waals surface area contributed by atoms with Gasteiger partial charge in [0.2, 0.25) is 0 Å². The van der Waals surface area contributed by atoms with Gasteiger partial charge in [-0.15, -0.1) is 0 Å². The highest BCUT2D eigenvalue weighted by atomic mass is 32.2. The van der Waals surface area contributed by atoms with Crippen LogP contribution in [0.5, 0.6) is 0 Å². The molecule has 0 heterocycles. The Balaban J connectivity index is 2.29. The molecule has 0 aliphatic rings. The van der Waals surface area contributed by atoms with Crippen LogP contribution < -0.4 is 4.72 Å². The average Bonchev–Trinajstić information content (AvgIpc) is 2.42. The van der Waals surface area contributed by atoms with Gasteiger partial charge >= 0.3 is 0 Å². The second-order valence-corrected chi connectivity index (χ2v) is 6.79. The number of benzene rings is 2. The Labute approximate surface area is 126 Å². The van der Waals surface area contributed by atoms with Crippen LogP contribution in [-0.4, -0.2) is 8.42 Å². The lowest BCUT2D eigenvalue weighted by Gasteiger charge is -2.09. The number of thiocyanates is 1. The number of aryl methyl sites for hydroxylation is 1. The molecule has 0 saturated heterocycles. The Morgan fingerprint density at radius 1 is 1.19 bits per heavy atom. The van der Waals surface area contributed by atoms with Crippen LogP contribution in [-0.2, 0) is 10.0 Å². The lowest BCUT2D eigenvalue weighted by Crippen LogP contribution is -2.13. The molecule has 0 aliphatic heterocycles. The third-order valence-electron chi connectivity index (χ3n) is 2.68. The summed E-state index contributed by atoms with van der Waals surface area (Å²) in [6.07, 6.45) is 0. The molecule has 2 aromatic carbocycles. The molecule has 0 atom stereocenters. The quantitative estimate of drug-likeness (QED) is 0.691. The van der Waals surface area contributed by atoms with E-state index in [4.69, 9.17) is 5.26 Å². The molecular weight excluding hydrogens is 311 g/mol. The molecule has 1 N–H and O–H groups in total. The van der Waals surface area contributed by atoms with Gasteiger partial charge in [-0.3, -0.25) is 4.72 Å². The highest BCUT2D eigenvalue weighted by molar-refractivity contribution is 8.03. The van der Waals surface area contributed by atoms with Crippen molar-refractivity contribution in [2.45, 2.75) is 16.7 Å². The number of anilines is 1. The summed E-state index contributed by atoms with van der Waals surface area (Å²) in [4.78, 5) is 0.469. The third-order valence-corrected chi connectivity index (χ3v) is 4.64. The molecule has 0 bridgehead atoms. The monoisotopic (exact) mass is 322 g/mol. The molecule has 108 valence electrons. The second kappa shape index (κ2) is 6.16. The van der Waals surface area contributed by atoms with Gasteiger partial charge < -0.3 is 0 Å². The number of sulfonamides is 1. The Hall–Kier alpha value is -2.04. The molecule has 2 rings (SSSR count). The van der Waals surface area contributed by atoms with Crippen LogP contribution in [0, 0.1) is 23.4 Å². The standard InChI is InChI=1S/C14H11FN2O2S2/c1-10-2-5-12(6-3-10)21(18,19)17-14-7-4-11(20-9-16)8-13(14)15/h2-8,17H,1H3. The number of nitriles is 1. The van der Waals surface area contributed by atoms with Crippen molar-refractivity contribution in [2.75, 3.05) is 4.72 Å². The fourth-order valence-corrected chi connectivity index (χ4v) is 3.09. The highest BCUT2D eigenvalue weighted by Crippen LogP contribution is 2.24. The van der Waals surface area contributed by atoms with E-state index in [2.05, 4.69) is 4.72 Å². The first-order chi connectivity index (χ1) is 9.92. The van der Waals surface area contributed by atoms with E-state index in [0.29, 0.717) is 4.90 Å². The van der Waals surface area contributed by atoms with Gasteiger partial charge in [0.05, 0.1) is 10.6 Å². The van der Waals surface area contributed by atoms with Crippen molar-refractivity contribution in [1.29, 1.82) is 5.26 Å². The zero-order valence-electron chi connectivity index (χ0n) is 11.0. The van der Waals surface area contributed by atoms with Crippen LogP contribution in [0.3, 0.4) is 0 Å². The van der Waals surface area contributed by atoms with Crippen molar-refractivity contribution >= 4 is 27.5 Å². The van der Waals surface area contributed by atoms with Crippen molar-refractivity contribution in [3.8, 4) is 5.40 Å². The Morgan fingerprint density at radius 2 is 1.86 bits per heavy atom. The van der Waals surface area contributed by atoms with E-state index in [0.717, 1.165) is 23.4 Å². The Kier molecular flexibility index (Phi) is 4.50. The molecule has 21 heavy (non-hydrogen) atoms. The molecule has 0 spiro atoms. The Morgan fingerprint density at radius 3 is 2.43 bits per heavy atom. The van der Waals surface area contributed by atoms with E-state index in [1.807, 2.05) is 12.3 Å². The molecule has 0 saturated carbocycles. The predicted molar refractivity (Wildman–Crippen MR) is 79.9 cm³/mol. The van der Waals surface area contributed by atoms with Gasteiger partial charge in [0.25, 0.3) is 10.0 Å². The van der Waals surface area contributed by atoms with Crippen molar-refractivity contribution in [3.63, 3.8) is 0 Å². The molecule has 0 unspecified atom stereocenters. The van der Waals surface area contributed by atoms with E-state index in [9.17, 15) is 12.8 Å². The fraction of sp³-hybridized carbons (Fsp3) is 0.0714. The number of thioether (sulfide) groups is 1. The topological polar surface area (TPSA) is 70.0 Å². The van der Waals surface area contributed by atoms with Gasteiger partial charge in [0.15, 0.2) is 0 Å². The first kappa shape index (κ1) is 15.4. The number of hydrogen-bond donors (Lipinski definition) is 1. The zero-order chi connectivity index (χ0) is 15.5. The predicted octanol–water partition coefficient (Wildman–Crippen LogP) is 3.51. The maximum atomic E-state index is 13.8. The van der Waals surface area contributed by atoms with Crippen LogP contribution in [0.2, 0.25) is 0 Å². The molecule has 2 aromatic rings. The number of rotatable bonds is 4. The van der Waals surface area contributed by atoms with Gasteiger partial charge in [-0.2, -0.15) is 5.26 Å². The Bertz CT molecular complexity index is 797. The van der Waals surface area contributed by atoms with E-state index in [-0.39, 0.29) is 10.6 Å². The smallest absolute Gasteiger partial charge is 0.261 e. The van der Waals surface area contributed by atoms with Crippen LogP contribution in [0.4, 0.5) is 10.1 Å². The fourth-order valence-electron chi connectivity index (χ4n) is 1.62. The first-order valence-corrected chi connectivity index (χ1v) is 8.17. The maximum Gasteiger partial charge on any atom is 0.261 e. The van der Waals surface area contributed by atoms with Crippen LogP contribution in [0.25, 0.3) is 0 Å². The second-order valence-electron chi connectivity index (χ2n) is 4.25. The minimum atomic E-state index is -3.84. The highest BCUT2D eigenvalue weighted by Gasteiger charge is 2.16. The van der Waals surface area contributed by atoms with Crippen molar-refractivity contribution in [3.05, 3.63) is 53.8 Å². The normalized spacial score (nSPS) is 10.9. The number of hydrogen-bond acceptors (Lipinski definition) is 4. The molecular formula is C14H11FN2O2S2. The summed E-state index contributed by atoms with van der Waals surface area (Å²) in [5.74, 6) is -0.731. The van der Waals surface area contributed by atoms with Crippen molar-refractivity contribution in [1.82, 2.24) is 0 Å². The minimum Gasteiger partial charge on any atom is -0.277 e. The molecule has 0 aliphatic carbocycles. The van der Waals surface area contributed by atoms with Gasteiger partial charge in [-0.05, 0) is 49.0 Å². The van der Waals surface area contributed by atoms with Gasteiger partial charge in [0.1, 0.15) is 11.2 Å². The van der Waals surface area contributed by atoms with Crippen LogP contribution in [0.1, 0.15) is 5.56 Å². The van der Waals surface area contributed by atoms with Crippen LogP contribution in [0.15, 0.2) is 52.3 Å². The van der Waals surface area contributed by atoms with Gasteiger partial charge in [0, 0.05) is 4.90 Å². The minimum absolute atomic E-state index is 0.0583. The summed E-state index contributed by atoms with van der Waals surface area (Å²) in [6.45, 7) is 1.84. The zero-order valence-corrected chi connectivity index (χ0v) is 12.6. The van der Waals surface area contributed by atoms with E-state index >= 15 is 0 Å². The lowest BCUT2D eigenvalue weighted by atomic mass is 10.2. The third kappa shape index (κ3) is 3.74. The van der Waals surface area contributed by atoms with E-state index in [1.54, 1.807) is 12.1 Å². The number of nitrogens with zero attached hydrogens (tertiary/aromatic N) is 1. The number of halogens is 1. The van der Waals surface area contributed by atoms with Gasteiger partial charge in [-0.1, -0.05) is 17.7 Å². The summed E-state index contributed by atoms with van der Waals surface area (Å²) >= 11 is 0.802. The average molecular weight is 322 g/mol. The van der Waals surface area contributed by atoms with E-state index in [1.165, 1.54) is 24.3 Å². The summed E-state index contributed by atoms with van der Waals surface area (Å²) in [7, 11) is -3.84. The largest absolute Gasteiger partial charge is 0.277 e. The summed E-state index contributed by atoms with van der Waals surface area (Å²) in [6, 6.07) is 10.1. The van der Waals surface area contributed by atoms with E-state index < -0.39 is 15.8 Å². The molecule has 4 nitrogen and oxygen atoms in total. The van der Waals surface area contributed by atoms with Gasteiger partial charge in [-0.25, -0.2) is 12.8 Å². The summed E-state index contributed by atoms with van der Waals surface area (Å²) in [5.41, 5.74) is 0.774. The SMILES string of the molecule is Cc1ccc(S(=O)(=O)Nc2ccc(SC#N)cc2F)cc1. The van der Waals surface area contributed by atoms with Crippen LogP contribution >= 0.6 is 11.8 Å². The first-order valence-electron chi connectivity index (χ1n) is 5.87.